The molecule has 0 amide bonds. The average Bonchev–Trinajstić information content (AvgIpc) is 3.53. The molecular weight excluding hydrogens is 481 g/mol. The highest BCUT2D eigenvalue weighted by Gasteiger charge is 2.24. The lowest BCUT2D eigenvalue weighted by atomic mass is 10.2. The molecule has 3 aromatic rings. The third-order valence-corrected chi connectivity index (χ3v) is 12.0. The highest BCUT2D eigenvalue weighted by atomic mass is 32.2. The Labute approximate surface area is 205 Å². The Morgan fingerprint density at radius 2 is 1.16 bits per heavy atom. The van der Waals surface area contributed by atoms with Crippen LogP contribution in [0, 0.1) is 11.8 Å². The quantitative estimate of drug-likeness (QED) is 0.180. The molecule has 0 fully saturated rings. The van der Waals surface area contributed by atoms with E-state index in [9.17, 15) is 9.59 Å². The van der Waals surface area contributed by atoms with Crippen LogP contribution in [-0.4, -0.2) is 24.1 Å². The summed E-state index contributed by atoms with van der Waals surface area (Å²) in [7, 11) is 0. The molecule has 3 heterocycles. The van der Waals surface area contributed by atoms with E-state index in [1.54, 1.807) is 34.0 Å². The van der Waals surface area contributed by atoms with E-state index in [0.717, 1.165) is 56.4 Å². The fraction of sp³-hybridized carbons (Fsp3) is 0.417. The van der Waals surface area contributed by atoms with Gasteiger partial charge < -0.3 is 0 Å². The van der Waals surface area contributed by atoms with Gasteiger partial charge in [-0.05, 0) is 36.1 Å². The molecule has 0 N–H and O–H groups in total. The Bertz CT molecular complexity index is 935. The summed E-state index contributed by atoms with van der Waals surface area (Å²) in [5.74, 6) is 3.44. The van der Waals surface area contributed by atoms with Gasteiger partial charge >= 0.3 is 0 Å². The van der Waals surface area contributed by atoms with Crippen LogP contribution in [0.5, 0.6) is 0 Å². The third-order valence-electron chi connectivity index (χ3n) is 5.17. The van der Waals surface area contributed by atoms with Crippen LogP contribution in [0.3, 0.4) is 0 Å². The van der Waals surface area contributed by atoms with Crippen molar-refractivity contribution in [1.82, 2.24) is 0 Å². The molecule has 0 unspecified atom stereocenters. The summed E-state index contributed by atoms with van der Waals surface area (Å²) in [4.78, 5) is 31.6. The molecule has 2 nitrogen and oxygen atoms in total. The lowest BCUT2D eigenvalue weighted by Gasteiger charge is -2.13. The maximum Gasteiger partial charge on any atom is 0.160 e. The Hall–Kier alpha value is -0.860. The van der Waals surface area contributed by atoms with Crippen LogP contribution >= 0.6 is 57.5 Å². The van der Waals surface area contributed by atoms with Gasteiger partial charge in [0.15, 0.2) is 12.6 Å². The zero-order valence-corrected chi connectivity index (χ0v) is 22.4. The summed E-state index contributed by atoms with van der Waals surface area (Å²) >= 11 is 8.83. The molecule has 0 aromatic carbocycles. The van der Waals surface area contributed by atoms with Crippen LogP contribution < -0.4 is 0 Å². The molecule has 166 valence electrons. The first kappa shape index (κ1) is 24.8. The largest absolute Gasteiger partial charge is 0.297 e. The lowest BCUT2D eigenvalue weighted by Crippen LogP contribution is -1.97. The second kappa shape index (κ2) is 11.8. The van der Waals surface area contributed by atoms with Crippen LogP contribution in [0.1, 0.15) is 59.9 Å². The number of carbonyl (C=O) groups is 2. The smallest absolute Gasteiger partial charge is 0.160 e. The topological polar surface area (TPSA) is 34.1 Å². The van der Waals surface area contributed by atoms with Crippen LogP contribution in [0.4, 0.5) is 0 Å². The molecule has 0 aliphatic heterocycles. The summed E-state index contributed by atoms with van der Waals surface area (Å²) in [6, 6.07) is 7.98. The minimum atomic E-state index is 0.644. The van der Waals surface area contributed by atoms with Gasteiger partial charge in [0.25, 0.3) is 0 Å². The molecule has 0 saturated carbocycles. The van der Waals surface area contributed by atoms with Crippen LogP contribution in [0.25, 0.3) is 19.5 Å². The Morgan fingerprint density at radius 1 is 0.742 bits per heavy atom. The van der Waals surface area contributed by atoms with Crippen LogP contribution in [0.15, 0.2) is 34.1 Å². The molecule has 0 aliphatic rings. The molecule has 31 heavy (non-hydrogen) atoms. The molecule has 0 bridgehead atoms. The van der Waals surface area contributed by atoms with Crippen molar-refractivity contribution in [3.63, 3.8) is 0 Å². The summed E-state index contributed by atoms with van der Waals surface area (Å²) in [5, 5.41) is 0. The van der Waals surface area contributed by atoms with Crippen molar-refractivity contribution in [2.45, 2.75) is 50.3 Å². The number of aldehydes is 2. The van der Waals surface area contributed by atoms with E-state index in [4.69, 9.17) is 0 Å². The second-order valence-electron chi connectivity index (χ2n) is 7.71. The fourth-order valence-corrected chi connectivity index (χ4v) is 9.26. The number of thiophene rings is 3. The van der Waals surface area contributed by atoms with Gasteiger partial charge in [0.05, 0.1) is 19.5 Å². The maximum atomic E-state index is 11.3. The Balaban J connectivity index is 2.12. The van der Waals surface area contributed by atoms with Gasteiger partial charge in [-0.3, -0.25) is 9.59 Å². The molecule has 0 spiro atoms. The first-order valence-electron chi connectivity index (χ1n) is 10.5. The van der Waals surface area contributed by atoms with Gasteiger partial charge in [-0.15, -0.1) is 57.5 Å². The van der Waals surface area contributed by atoms with Crippen molar-refractivity contribution in [2.24, 2.45) is 11.8 Å². The maximum absolute atomic E-state index is 11.3. The van der Waals surface area contributed by atoms with Crippen LogP contribution in [-0.2, 0) is 0 Å². The molecule has 3 aromatic heterocycles. The average molecular weight is 509 g/mol. The third kappa shape index (κ3) is 6.14. The minimum absolute atomic E-state index is 0.644. The van der Waals surface area contributed by atoms with Gasteiger partial charge in [0.1, 0.15) is 0 Å². The Kier molecular flexibility index (Phi) is 9.47. The van der Waals surface area contributed by atoms with Gasteiger partial charge in [0.2, 0.25) is 0 Å². The van der Waals surface area contributed by atoms with Crippen LogP contribution in [0.2, 0.25) is 0 Å². The van der Waals surface area contributed by atoms with E-state index in [0.29, 0.717) is 11.8 Å². The fourth-order valence-electron chi connectivity index (χ4n) is 2.75. The van der Waals surface area contributed by atoms with E-state index in [1.807, 2.05) is 35.7 Å². The number of thioether (sulfide) groups is 2. The number of carbonyl (C=O) groups excluding carboxylic acids is 2. The summed E-state index contributed by atoms with van der Waals surface area (Å²) in [6.45, 7) is 9.09. The second-order valence-corrected chi connectivity index (χ2v) is 13.0. The number of rotatable bonds is 12. The number of hydrogen-bond donors (Lipinski definition) is 0. The predicted molar refractivity (Wildman–Crippen MR) is 142 cm³/mol. The molecular formula is C24H28O2S5. The van der Waals surface area contributed by atoms with E-state index < -0.39 is 0 Å². The van der Waals surface area contributed by atoms with Crippen molar-refractivity contribution >= 4 is 70.1 Å². The Morgan fingerprint density at radius 3 is 1.48 bits per heavy atom. The van der Waals surface area contributed by atoms with Gasteiger partial charge in [-0.1, -0.05) is 40.5 Å². The van der Waals surface area contributed by atoms with Gasteiger partial charge in [0, 0.05) is 31.1 Å². The van der Waals surface area contributed by atoms with Gasteiger partial charge in [-0.25, -0.2) is 0 Å². The monoisotopic (exact) mass is 508 g/mol. The molecule has 7 heteroatoms. The van der Waals surface area contributed by atoms with Crippen molar-refractivity contribution in [1.29, 1.82) is 0 Å². The van der Waals surface area contributed by atoms with Gasteiger partial charge in [-0.2, -0.15) is 0 Å². The summed E-state index contributed by atoms with van der Waals surface area (Å²) in [5.41, 5.74) is 0. The zero-order chi connectivity index (χ0) is 22.4. The van der Waals surface area contributed by atoms with Crippen molar-refractivity contribution in [2.75, 3.05) is 11.5 Å². The van der Waals surface area contributed by atoms with Crippen molar-refractivity contribution in [3.05, 3.63) is 34.0 Å². The highest BCUT2D eigenvalue weighted by Crippen LogP contribution is 2.53. The zero-order valence-electron chi connectivity index (χ0n) is 18.3. The minimum Gasteiger partial charge on any atom is -0.297 e. The molecule has 3 rings (SSSR count). The SMILES string of the molecule is CC[C@H](C)CSc1c(-c2ccc(C=O)s2)sc(-c2ccc(C=O)s2)c1SC[C@@H](C)CC. The first-order valence-corrected chi connectivity index (χ1v) is 15.0. The molecule has 0 saturated heterocycles. The highest BCUT2D eigenvalue weighted by molar-refractivity contribution is 8.02. The van der Waals surface area contributed by atoms with Crippen molar-refractivity contribution in [3.8, 4) is 19.5 Å². The molecule has 0 aliphatic carbocycles. The standard InChI is InChI=1S/C24H28O2S5/c1-5-15(3)13-27-23-21(19-9-7-17(11-25)29-19)31-22(20-10-8-18(12-26)30-20)24(23)28-14-16(4)6-2/h7-12,15-16H,5-6,13-14H2,1-4H3/t15-,16-/m0/s1. The van der Waals surface area contributed by atoms with E-state index in [-0.39, 0.29) is 0 Å². The van der Waals surface area contributed by atoms with E-state index >= 15 is 0 Å². The molecule has 2 atom stereocenters. The molecule has 0 radical (unpaired) electrons. The summed E-state index contributed by atoms with van der Waals surface area (Å²) in [6.07, 6.45) is 4.19. The summed E-state index contributed by atoms with van der Waals surface area (Å²) < 4.78 is 0. The van der Waals surface area contributed by atoms with E-state index in [1.165, 1.54) is 19.5 Å². The lowest BCUT2D eigenvalue weighted by molar-refractivity contribution is 0.111. The first-order chi connectivity index (χ1) is 15.0. The number of hydrogen-bond acceptors (Lipinski definition) is 7. The normalized spacial score (nSPS) is 13.3. The van der Waals surface area contributed by atoms with E-state index in [2.05, 4.69) is 39.8 Å². The van der Waals surface area contributed by atoms with Crippen molar-refractivity contribution < 1.29 is 9.59 Å². The predicted octanol–water partition coefficient (Wildman–Crippen LogP) is 9.11.